The summed E-state index contributed by atoms with van der Waals surface area (Å²) in [5.41, 5.74) is 9.10. The molecule has 0 bridgehead atoms. The van der Waals surface area contributed by atoms with Gasteiger partial charge in [0.05, 0.1) is 12.7 Å². The molecule has 0 saturated heterocycles. The van der Waals surface area contributed by atoms with Crippen molar-refractivity contribution in [2.45, 2.75) is 70.4 Å². The Hall–Kier alpha value is -0.860. The monoisotopic (exact) mass is 275 g/mol. The number of hydrogen-bond acceptors (Lipinski definition) is 2. The molecule has 2 rings (SSSR count). The van der Waals surface area contributed by atoms with E-state index in [-0.39, 0.29) is 12.1 Å². The van der Waals surface area contributed by atoms with Crippen LogP contribution in [0.25, 0.3) is 0 Å². The van der Waals surface area contributed by atoms with E-state index in [1.54, 1.807) is 0 Å². The van der Waals surface area contributed by atoms with Gasteiger partial charge in [0.15, 0.2) is 0 Å². The van der Waals surface area contributed by atoms with Crippen molar-refractivity contribution in [1.29, 1.82) is 0 Å². The highest BCUT2D eigenvalue weighted by Crippen LogP contribution is 2.30. The van der Waals surface area contributed by atoms with E-state index in [1.807, 2.05) is 0 Å². The van der Waals surface area contributed by atoms with Gasteiger partial charge in [0.1, 0.15) is 0 Å². The van der Waals surface area contributed by atoms with E-state index in [0.717, 1.165) is 25.9 Å². The summed E-state index contributed by atoms with van der Waals surface area (Å²) in [6.45, 7) is 3.09. The minimum atomic E-state index is 0.214. The topological polar surface area (TPSA) is 35.2 Å². The summed E-state index contributed by atoms with van der Waals surface area (Å²) >= 11 is 0. The van der Waals surface area contributed by atoms with Crippen LogP contribution in [0.2, 0.25) is 0 Å². The predicted molar refractivity (Wildman–Crippen MR) is 84.8 cm³/mol. The van der Waals surface area contributed by atoms with Gasteiger partial charge in [0, 0.05) is 6.04 Å². The minimum absolute atomic E-state index is 0.214. The number of unbranched alkanes of at least 4 members (excludes halogenated alkanes) is 4. The standard InChI is InChI=1S/C18H29NO/c1-2-3-4-5-6-10-16(19)14-18-17-11-8-7-9-15(17)12-13-20-18/h7-9,11,16,18H,2-6,10,12-14,19H2,1H3. The lowest BCUT2D eigenvalue weighted by Gasteiger charge is -2.28. The maximum Gasteiger partial charge on any atom is 0.0842 e. The third-order valence-electron chi connectivity index (χ3n) is 4.29. The smallest absolute Gasteiger partial charge is 0.0842 e. The summed E-state index contributed by atoms with van der Waals surface area (Å²) in [7, 11) is 0. The summed E-state index contributed by atoms with van der Waals surface area (Å²) < 4.78 is 5.94. The Morgan fingerprint density at radius 1 is 1.20 bits per heavy atom. The third-order valence-corrected chi connectivity index (χ3v) is 4.29. The van der Waals surface area contributed by atoms with Crippen molar-refractivity contribution in [3.63, 3.8) is 0 Å². The molecule has 1 heterocycles. The zero-order valence-electron chi connectivity index (χ0n) is 12.8. The highest BCUT2D eigenvalue weighted by atomic mass is 16.5. The van der Waals surface area contributed by atoms with Crippen LogP contribution in [0.4, 0.5) is 0 Å². The van der Waals surface area contributed by atoms with Crippen LogP contribution in [0, 0.1) is 0 Å². The Labute approximate surface area is 123 Å². The molecule has 20 heavy (non-hydrogen) atoms. The van der Waals surface area contributed by atoms with Crippen LogP contribution in [0.15, 0.2) is 24.3 Å². The highest BCUT2D eigenvalue weighted by Gasteiger charge is 2.22. The van der Waals surface area contributed by atoms with Gasteiger partial charge < -0.3 is 10.5 Å². The molecule has 1 aromatic carbocycles. The van der Waals surface area contributed by atoms with Crippen LogP contribution < -0.4 is 5.73 Å². The molecule has 0 radical (unpaired) electrons. The van der Waals surface area contributed by atoms with E-state index in [1.165, 1.54) is 43.2 Å². The van der Waals surface area contributed by atoms with Crippen molar-refractivity contribution in [3.05, 3.63) is 35.4 Å². The first-order valence-corrected chi connectivity index (χ1v) is 8.26. The van der Waals surface area contributed by atoms with Crippen LogP contribution in [-0.4, -0.2) is 12.6 Å². The van der Waals surface area contributed by atoms with Crippen molar-refractivity contribution in [1.82, 2.24) is 0 Å². The second-order valence-electron chi connectivity index (χ2n) is 6.01. The van der Waals surface area contributed by atoms with E-state index in [4.69, 9.17) is 10.5 Å². The number of rotatable bonds is 8. The largest absolute Gasteiger partial charge is 0.373 e. The number of benzene rings is 1. The summed E-state index contributed by atoms with van der Waals surface area (Å²) in [4.78, 5) is 0. The van der Waals surface area contributed by atoms with Crippen LogP contribution in [0.5, 0.6) is 0 Å². The van der Waals surface area contributed by atoms with Gasteiger partial charge >= 0.3 is 0 Å². The van der Waals surface area contributed by atoms with Gasteiger partial charge in [-0.05, 0) is 30.4 Å². The van der Waals surface area contributed by atoms with Crippen molar-refractivity contribution >= 4 is 0 Å². The van der Waals surface area contributed by atoms with Crippen LogP contribution in [-0.2, 0) is 11.2 Å². The molecule has 2 nitrogen and oxygen atoms in total. The molecular weight excluding hydrogens is 246 g/mol. The van der Waals surface area contributed by atoms with E-state index in [0.29, 0.717) is 0 Å². The minimum Gasteiger partial charge on any atom is -0.373 e. The van der Waals surface area contributed by atoms with Gasteiger partial charge in [0.25, 0.3) is 0 Å². The zero-order valence-corrected chi connectivity index (χ0v) is 12.8. The molecule has 1 aliphatic heterocycles. The number of ether oxygens (including phenoxy) is 1. The average molecular weight is 275 g/mol. The molecule has 0 saturated carbocycles. The maximum atomic E-state index is 6.30. The van der Waals surface area contributed by atoms with E-state index in [2.05, 4.69) is 31.2 Å². The van der Waals surface area contributed by atoms with E-state index >= 15 is 0 Å². The SMILES string of the molecule is CCCCCCCC(N)CC1OCCc2ccccc21. The summed E-state index contributed by atoms with van der Waals surface area (Å²) in [5, 5.41) is 0. The molecule has 0 aromatic heterocycles. The van der Waals surface area contributed by atoms with Gasteiger partial charge in [-0.25, -0.2) is 0 Å². The van der Waals surface area contributed by atoms with E-state index in [9.17, 15) is 0 Å². The second kappa shape index (κ2) is 8.43. The quantitative estimate of drug-likeness (QED) is 0.715. The molecule has 2 N–H and O–H groups in total. The molecule has 1 aliphatic rings. The normalized spacial score (nSPS) is 19.6. The molecule has 1 aromatic rings. The lowest BCUT2D eigenvalue weighted by molar-refractivity contribution is 0.0314. The number of nitrogens with two attached hydrogens (primary N) is 1. The Balaban J connectivity index is 1.76. The molecule has 0 amide bonds. The first-order chi connectivity index (χ1) is 9.81. The fraction of sp³-hybridized carbons (Fsp3) is 0.667. The van der Waals surface area contributed by atoms with Crippen molar-refractivity contribution in [2.75, 3.05) is 6.61 Å². The molecular formula is C18H29NO. The predicted octanol–water partition coefficient (Wildman–Crippen LogP) is 4.38. The van der Waals surface area contributed by atoms with Crippen molar-refractivity contribution < 1.29 is 4.74 Å². The van der Waals surface area contributed by atoms with E-state index < -0.39 is 0 Å². The van der Waals surface area contributed by atoms with Crippen molar-refractivity contribution in [2.24, 2.45) is 5.73 Å². The second-order valence-corrected chi connectivity index (χ2v) is 6.01. The number of fused-ring (bicyclic) bond motifs is 1. The maximum absolute atomic E-state index is 6.30. The van der Waals surface area contributed by atoms with Gasteiger partial charge in [0.2, 0.25) is 0 Å². The fourth-order valence-electron chi connectivity index (χ4n) is 3.07. The summed E-state index contributed by atoms with van der Waals surface area (Å²) in [6.07, 6.45) is 9.94. The van der Waals surface area contributed by atoms with Gasteiger partial charge in [-0.1, -0.05) is 63.3 Å². The first kappa shape index (κ1) is 15.5. The van der Waals surface area contributed by atoms with Gasteiger partial charge in [-0.2, -0.15) is 0 Å². The molecule has 0 spiro atoms. The van der Waals surface area contributed by atoms with Crippen LogP contribution in [0.3, 0.4) is 0 Å². The van der Waals surface area contributed by atoms with Crippen LogP contribution >= 0.6 is 0 Å². The van der Waals surface area contributed by atoms with Gasteiger partial charge in [-0.15, -0.1) is 0 Å². The molecule has 2 unspecified atom stereocenters. The summed E-state index contributed by atoms with van der Waals surface area (Å²) in [5.74, 6) is 0. The Morgan fingerprint density at radius 2 is 2.00 bits per heavy atom. The van der Waals surface area contributed by atoms with Crippen LogP contribution in [0.1, 0.15) is 69.1 Å². The third kappa shape index (κ3) is 4.60. The average Bonchev–Trinajstić information content (AvgIpc) is 2.47. The Morgan fingerprint density at radius 3 is 2.85 bits per heavy atom. The number of hydrogen-bond donors (Lipinski definition) is 1. The van der Waals surface area contributed by atoms with Crippen molar-refractivity contribution in [3.8, 4) is 0 Å². The lowest BCUT2D eigenvalue weighted by Crippen LogP contribution is -2.26. The highest BCUT2D eigenvalue weighted by molar-refractivity contribution is 5.30. The zero-order chi connectivity index (χ0) is 14.2. The summed E-state index contributed by atoms with van der Waals surface area (Å²) in [6, 6.07) is 8.92. The molecule has 2 heteroatoms. The molecule has 0 aliphatic carbocycles. The lowest BCUT2D eigenvalue weighted by atomic mass is 9.92. The molecule has 112 valence electrons. The first-order valence-electron chi connectivity index (χ1n) is 8.26. The Bertz CT molecular complexity index is 391. The molecule has 2 atom stereocenters. The molecule has 0 fully saturated rings. The fourth-order valence-corrected chi connectivity index (χ4v) is 3.07. The van der Waals surface area contributed by atoms with Gasteiger partial charge in [-0.3, -0.25) is 0 Å². The Kier molecular flexibility index (Phi) is 6.55.